The van der Waals surface area contributed by atoms with Crippen LogP contribution in [0, 0.1) is 0 Å². The third kappa shape index (κ3) is 3.67. The number of hydrogen-bond donors (Lipinski definition) is 2. The van der Waals surface area contributed by atoms with E-state index in [0.717, 1.165) is 32.2 Å². The first kappa shape index (κ1) is 12.8. The number of nitrogens with one attached hydrogen (secondary N) is 2. The maximum Gasteiger partial charge on any atom is 0.237 e. The second-order valence-corrected chi connectivity index (χ2v) is 7.19. The molecule has 2 N–H and O–H groups in total. The van der Waals surface area contributed by atoms with Crippen molar-refractivity contribution >= 4 is 15.7 Å². The predicted octanol–water partition coefficient (Wildman–Crippen LogP) is -0.178. The van der Waals surface area contributed by atoms with Gasteiger partial charge in [0.1, 0.15) is 0 Å². The highest BCUT2D eigenvalue weighted by Gasteiger charge is 2.30. The molecule has 0 aromatic heterocycles. The van der Waals surface area contributed by atoms with E-state index in [2.05, 4.69) is 10.6 Å². The van der Waals surface area contributed by atoms with E-state index >= 15 is 0 Å². The number of hydrogen-bond acceptors (Lipinski definition) is 4. The highest BCUT2D eigenvalue weighted by molar-refractivity contribution is 7.91. The molecule has 0 bridgehead atoms. The molecular weight excluding hydrogens is 240 g/mol. The summed E-state index contributed by atoms with van der Waals surface area (Å²) in [6.07, 6.45) is 4.75. The van der Waals surface area contributed by atoms with Crippen molar-refractivity contribution in [3.63, 3.8) is 0 Å². The van der Waals surface area contributed by atoms with Crippen LogP contribution in [0.4, 0.5) is 0 Å². The molecule has 0 aliphatic carbocycles. The molecule has 2 heterocycles. The molecule has 0 aromatic rings. The van der Waals surface area contributed by atoms with E-state index in [9.17, 15) is 13.2 Å². The van der Waals surface area contributed by atoms with Crippen molar-refractivity contribution in [3.05, 3.63) is 0 Å². The number of amides is 1. The highest BCUT2D eigenvalue weighted by atomic mass is 32.2. The molecule has 1 amide bonds. The van der Waals surface area contributed by atoms with E-state index in [0.29, 0.717) is 6.42 Å². The van der Waals surface area contributed by atoms with Crippen LogP contribution in [0.5, 0.6) is 0 Å². The molecule has 0 spiro atoms. The Labute approximate surface area is 102 Å². The topological polar surface area (TPSA) is 75.3 Å². The van der Waals surface area contributed by atoms with Gasteiger partial charge in [0.25, 0.3) is 0 Å². The van der Waals surface area contributed by atoms with Crippen LogP contribution < -0.4 is 10.6 Å². The second kappa shape index (κ2) is 5.35. The lowest BCUT2D eigenvalue weighted by Crippen LogP contribution is -2.47. The minimum Gasteiger partial charge on any atom is -0.351 e. The zero-order valence-electron chi connectivity index (χ0n) is 9.94. The molecule has 98 valence electrons. The molecular formula is C11H20N2O3S. The summed E-state index contributed by atoms with van der Waals surface area (Å²) in [6, 6.07) is -0.321. The van der Waals surface area contributed by atoms with E-state index in [4.69, 9.17) is 0 Å². The summed E-state index contributed by atoms with van der Waals surface area (Å²) < 4.78 is 22.6. The standard InChI is InChI=1S/C11H20N2O3S/c14-11(10-4-2-1-3-6-12-10)13-9-5-7-17(15,16)8-9/h9-10,12H,1-8H2,(H,13,14). The lowest BCUT2D eigenvalue weighted by Gasteiger charge is -2.18. The first-order valence-corrected chi connectivity index (χ1v) is 8.13. The minimum absolute atomic E-state index is 0.0333. The molecule has 2 unspecified atom stereocenters. The molecule has 2 atom stereocenters. The average Bonchev–Trinajstić information content (AvgIpc) is 2.52. The Hall–Kier alpha value is -0.620. The molecule has 6 heteroatoms. The molecule has 5 nitrogen and oxygen atoms in total. The Morgan fingerprint density at radius 2 is 2.00 bits per heavy atom. The number of sulfone groups is 1. The van der Waals surface area contributed by atoms with Gasteiger partial charge in [0.2, 0.25) is 5.91 Å². The number of rotatable bonds is 2. The van der Waals surface area contributed by atoms with E-state index in [1.807, 2.05) is 0 Å². The SMILES string of the molecule is O=C(NC1CCS(=O)(=O)C1)C1CCCCCN1. The smallest absolute Gasteiger partial charge is 0.237 e. The molecule has 2 rings (SSSR count). The fourth-order valence-electron chi connectivity index (χ4n) is 2.46. The molecule has 17 heavy (non-hydrogen) atoms. The van der Waals surface area contributed by atoms with Crippen LogP contribution in [0.15, 0.2) is 0 Å². The van der Waals surface area contributed by atoms with Gasteiger partial charge in [0, 0.05) is 6.04 Å². The van der Waals surface area contributed by atoms with E-state index in [1.165, 1.54) is 0 Å². The van der Waals surface area contributed by atoms with Crippen molar-refractivity contribution < 1.29 is 13.2 Å². The average molecular weight is 260 g/mol. The summed E-state index contributed by atoms with van der Waals surface area (Å²) in [6.45, 7) is 0.876. The Kier molecular flexibility index (Phi) is 4.04. The number of carbonyl (C=O) groups is 1. The summed E-state index contributed by atoms with van der Waals surface area (Å²) in [7, 11) is -2.91. The van der Waals surface area contributed by atoms with Crippen LogP contribution in [0.2, 0.25) is 0 Å². The minimum atomic E-state index is -2.91. The van der Waals surface area contributed by atoms with Crippen molar-refractivity contribution in [1.82, 2.24) is 10.6 Å². The largest absolute Gasteiger partial charge is 0.351 e. The van der Waals surface area contributed by atoms with Crippen molar-refractivity contribution in [2.24, 2.45) is 0 Å². The molecule has 0 aromatic carbocycles. The predicted molar refractivity (Wildman–Crippen MR) is 65.5 cm³/mol. The molecule has 2 saturated heterocycles. The van der Waals surface area contributed by atoms with Crippen molar-refractivity contribution in [3.8, 4) is 0 Å². The molecule has 0 saturated carbocycles. The summed E-state index contributed by atoms with van der Waals surface area (Å²) in [5.41, 5.74) is 0. The van der Waals surface area contributed by atoms with Crippen LogP contribution in [0.3, 0.4) is 0 Å². The first-order chi connectivity index (χ1) is 8.07. The molecule has 2 fully saturated rings. The van der Waals surface area contributed by atoms with Gasteiger partial charge < -0.3 is 10.6 Å². The zero-order valence-corrected chi connectivity index (χ0v) is 10.8. The fourth-order valence-corrected chi connectivity index (χ4v) is 4.14. The third-order valence-electron chi connectivity index (χ3n) is 3.46. The maximum absolute atomic E-state index is 11.9. The van der Waals surface area contributed by atoms with Crippen LogP contribution in [0.1, 0.15) is 32.1 Å². The van der Waals surface area contributed by atoms with Crippen LogP contribution in [0.25, 0.3) is 0 Å². The monoisotopic (exact) mass is 260 g/mol. The fraction of sp³-hybridized carbons (Fsp3) is 0.909. The van der Waals surface area contributed by atoms with Crippen LogP contribution >= 0.6 is 0 Å². The van der Waals surface area contributed by atoms with Crippen LogP contribution in [-0.4, -0.2) is 44.5 Å². The lowest BCUT2D eigenvalue weighted by atomic mass is 10.1. The molecule has 2 aliphatic heterocycles. The van der Waals surface area contributed by atoms with Crippen molar-refractivity contribution in [2.45, 2.75) is 44.2 Å². The lowest BCUT2D eigenvalue weighted by molar-refractivity contribution is -0.123. The van der Waals surface area contributed by atoms with Gasteiger partial charge in [0.15, 0.2) is 9.84 Å². The van der Waals surface area contributed by atoms with Gasteiger partial charge in [-0.3, -0.25) is 4.79 Å². The summed E-state index contributed by atoms with van der Waals surface area (Å²) in [5, 5.41) is 6.07. The van der Waals surface area contributed by atoms with Gasteiger partial charge in [-0.2, -0.15) is 0 Å². The van der Waals surface area contributed by atoms with E-state index in [1.54, 1.807) is 0 Å². The Morgan fingerprint density at radius 1 is 1.18 bits per heavy atom. The van der Waals surface area contributed by atoms with E-state index < -0.39 is 9.84 Å². The third-order valence-corrected chi connectivity index (χ3v) is 5.22. The molecule has 2 aliphatic rings. The Morgan fingerprint density at radius 3 is 2.71 bits per heavy atom. The summed E-state index contributed by atoms with van der Waals surface area (Å²) in [5.74, 6) is 0.274. The van der Waals surface area contributed by atoms with E-state index in [-0.39, 0.29) is 29.5 Å². The number of carbonyl (C=O) groups excluding carboxylic acids is 1. The summed E-state index contributed by atoms with van der Waals surface area (Å²) >= 11 is 0. The zero-order chi connectivity index (χ0) is 12.3. The van der Waals surface area contributed by atoms with Gasteiger partial charge in [-0.05, 0) is 25.8 Å². The molecule has 0 radical (unpaired) electrons. The van der Waals surface area contributed by atoms with Gasteiger partial charge in [0.05, 0.1) is 17.5 Å². The Bertz CT molecular complexity index is 372. The highest BCUT2D eigenvalue weighted by Crippen LogP contribution is 2.13. The Balaban J connectivity index is 1.84. The van der Waals surface area contributed by atoms with Crippen LogP contribution in [-0.2, 0) is 14.6 Å². The second-order valence-electron chi connectivity index (χ2n) is 4.96. The van der Waals surface area contributed by atoms with Crippen molar-refractivity contribution in [1.29, 1.82) is 0 Å². The van der Waals surface area contributed by atoms with Gasteiger partial charge in [-0.15, -0.1) is 0 Å². The summed E-state index contributed by atoms with van der Waals surface area (Å²) in [4.78, 5) is 11.9. The van der Waals surface area contributed by atoms with Gasteiger partial charge >= 0.3 is 0 Å². The van der Waals surface area contributed by atoms with Crippen molar-refractivity contribution in [2.75, 3.05) is 18.1 Å². The normalized spacial score (nSPS) is 32.9. The first-order valence-electron chi connectivity index (χ1n) is 6.31. The van der Waals surface area contributed by atoms with Gasteiger partial charge in [-0.1, -0.05) is 12.8 Å². The quantitative estimate of drug-likeness (QED) is 0.722. The maximum atomic E-state index is 11.9. The van der Waals surface area contributed by atoms with Gasteiger partial charge in [-0.25, -0.2) is 8.42 Å².